The van der Waals surface area contributed by atoms with Crippen molar-refractivity contribution in [3.05, 3.63) is 69.7 Å². The Morgan fingerprint density at radius 3 is 2.59 bits per heavy atom. The van der Waals surface area contributed by atoms with Crippen LogP contribution in [0, 0.1) is 5.92 Å². The van der Waals surface area contributed by atoms with Crippen LogP contribution < -0.4 is 0 Å². The number of imide groups is 1. The van der Waals surface area contributed by atoms with Crippen LogP contribution in [0.1, 0.15) is 24.2 Å². The molecule has 2 aromatic rings. The quantitative estimate of drug-likeness (QED) is 0.803. The second-order valence-corrected chi connectivity index (χ2v) is 7.35. The van der Waals surface area contributed by atoms with Gasteiger partial charge in [-0.05, 0) is 29.7 Å². The highest BCUT2D eigenvalue weighted by Gasteiger charge is 2.41. The van der Waals surface area contributed by atoms with E-state index in [0.29, 0.717) is 17.0 Å². The molecular weight excluding hydrogens is 389 g/mol. The molecule has 0 spiro atoms. The van der Waals surface area contributed by atoms with Crippen LogP contribution in [-0.4, -0.2) is 34.7 Å². The third-order valence-corrected chi connectivity index (χ3v) is 5.40. The van der Waals surface area contributed by atoms with Crippen molar-refractivity contribution in [3.8, 4) is 0 Å². The SMILES string of the molecule is C[C@@H](C(=O)N1C(=O)OC[C@H]1Cc1ccccc1)[C@H](O)c1ccc(Cl)c(Cl)c1. The first-order chi connectivity index (χ1) is 12.9. The number of hydrogen-bond acceptors (Lipinski definition) is 4. The van der Waals surface area contributed by atoms with Crippen molar-refractivity contribution < 1.29 is 19.4 Å². The molecule has 1 aliphatic rings. The maximum absolute atomic E-state index is 12.9. The van der Waals surface area contributed by atoms with Crippen molar-refractivity contribution in [1.82, 2.24) is 4.90 Å². The number of halogens is 2. The third kappa shape index (κ3) is 4.26. The lowest BCUT2D eigenvalue weighted by Crippen LogP contribution is -2.44. The van der Waals surface area contributed by atoms with Crippen LogP contribution >= 0.6 is 23.2 Å². The molecule has 2 aromatic carbocycles. The zero-order valence-electron chi connectivity index (χ0n) is 14.6. The van der Waals surface area contributed by atoms with E-state index in [0.717, 1.165) is 10.5 Å². The van der Waals surface area contributed by atoms with E-state index in [4.69, 9.17) is 27.9 Å². The van der Waals surface area contributed by atoms with Gasteiger partial charge < -0.3 is 9.84 Å². The van der Waals surface area contributed by atoms with Crippen molar-refractivity contribution in [2.75, 3.05) is 6.61 Å². The van der Waals surface area contributed by atoms with Gasteiger partial charge in [0.2, 0.25) is 5.91 Å². The molecule has 142 valence electrons. The Balaban J connectivity index is 1.77. The highest BCUT2D eigenvalue weighted by molar-refractivity contribution is 6.42. The molecule has 0 saturated carbocycles. The zero-order chi connectivity index (χ0) is 19.6. The summed E-state index contributed by atoms with van der Waals surface area (Å²) in [5, 5.41) is 11.2. The number of carbonyl (C=O) groups is 2. The second kappa shape index (κ2) is 8.30. The normalized spacial score (nSPS) is 18.9. The Hall–Kier alpha value is -2.08. The number of hydrogen-bond donors (Lipinski definition) is 1. The van der Waals surface area contributed by atoms with Crippen molar-refractivity contribution in [2.45, 2.75) is 25.5 Å². The lowest BCUT2D eigenvalue weighted by Gasteiger charge is -2.26. The molecule has 1 heterocycles. The van der Waals surface area contributed by atoms with Crippen LogP contribution in [0.15, 0.2) is 48.5 Å². The molecule has 0 aromatic heterocycles. The number of aliphatic hydroxyl groups excluding tert-OH is 1. The summed E-state index contributed by atoms with van der Waals surface area (Å²) in [7, 11) is 0. The van der Waals surface area contributed by atoms with Gasteiger partial charge in [0.25, 0.3) is 0 Å². The average Bonchev–Trinajstić information content (AvgIpc) is 3.03. The summed E-state index contributed by atoms with van der Waals surface area (Å²) >= 11 is 11.9. The number of nitrogens with zero attached hydrogens (tertiary/aromatic N) is 1. The van der Waals surface area contributed by atoms with Gasteiger partial charge >= 0.3 is 6.09 Å². The Morgan fingerprint density at radius 2 is 1.93 bits per heavy atom. The van der Waals surface area contributed by atoms with Crippen LogP contribution in [0.3, 0.4) is 0 Å². The summed E-state index contributed by atoms with van der Waals surface area (Å²) in [4.78, 5) is 26.2. The van der Waals surface area contributed by atoms with Gasteiger partial charge in [-0.1, -0.05) is 66.5 Å². The van der Waals surface area contributed by atoms with E-state index in [9.17, 15) is 14.7 Å². The smallest absolute Gasteiger partial charge is 0.416 e. The molecular formula is C20H19Cl2NO4. The summed E-state index contributed by atoms with van der Waals surface area (Å²) in [6.45, 7) is 1.70. The van der Waals surface area contributed by atoms with Crippen LogP contribution in [0.2, 0.25) is 10.0 Å². The summed E-state index contributed by atoms with van der Waals surface area (Å²) < 4.78 is 5.09. The predicted octanol–water partition coefficient (Wildman–Crippen LogP) is 4.25. The maximum Gasteiger partial charge on any atom is 0.416 e. The largest absolute Gasteiger partial charge is 0.447 e. The molecule has 1 fully saturated rings. The summed E-state index contributed by atoms with van der Waals surface area (Å²) in [5.74, 6) is -1.34. The topological polar surface area (TPSA) is 66.8 Å². The fraction of sp³-hybridized carbons (Fsp3) is 0.300. The van der Waals surface area contributed by atoms with Gasteiger partial charge in [0.15, 0.2) is 0 Å². The standard InChI is InChI=1S/C20H19Cl2NO4/c1-12(18(24)14-7-8-16(21)17(22)10-14)19(25)23-15(11-27-20(23)26)9-13-5-3-2-4-6-13/h2-8,10,12,15,18,24H,9,11H2,1H3/t12-,15-,18+/m1/s1. The molecule has 0 bridgehead atoms. The lowest BCUT2D eigenvalue weighted by molar-refractivity contribution is -0.136. The molecule has 2 amide bonds. The van der Waals surface area contributed by atoms with E-state index in [1.807, 2.05) is 30.3 Å². The van der Waals surface area contributed by atoms with Crippen molar-refractivity contribution in [2.24, 2.45) is 5.92 Å². The minimum atomic E-state index is -1.13. The molecule has 0 unspecified atom stereocenters. The third-order valence-electron chi connectivity index (χ3n) is 4.66. The van der Waals surface area contributed by atoms with Crippen molar-refractivity contribution in [1.29, 1.82) is 0 Å². The van der Waals surface area contributed by atoms with Gasteiger partial charge in [0.1, 0.15) is 6.61 Å². The second-order valence-electron chi connectivity index (χ2n) is 6.54. The van der Waals surface area contributed by atoms with Crippen LogP contribution in [0.4, 0.5) is 4.79 Å². The van der Waals surface area contributed by atoms with E-state index >= 15 is 0 Å². The molecule has 1 saturated heterocycles. The number of benzene rings is 2. The first-order valence-corrected chi connectivity index (χ1v) is 9.31. The average molecular weight is 408 g/mol. The monoisotopic (exact) mass is 407 g/mol. The van der Waals surface area contributed by atoms with Crippen molar-refractivity contribution >= 4 is 35.2 Å². The van der Waals surface area contributed by atoms with Crippen LogP contribution in [0.25, 0.3) is 0 Å². The molecule has 5 nitrogen and oxygen atoms in total. The van der Waals surface area contributed by atoms with Gasteiger partial charge in [0.05, 0.1) is 28.1 Å². The molecule has 0 aliphatic carbocycles. The number of carbonyl (C=O) groups excluding carboxylic acids is 2. The highest BCUT2D eigenvalue weighted by Crippen LogP contribution is 2.31. The van der Waals surface area contributed by atoms with E-state index < -0.39 is 30.1 Å². The maximum atomic E-state index is 12.9. The van der Waals surface area contributed by atoms with E-state index in [1.54, 1.807) is 19.1 Å². The minimum absolute atomic E-state index is 0.134. The fourth-order valence-corrected chi connectivity index (χ4v) is 3.41. The first kappa shape index (κ1) is 19.7. The lowest BCUT2D eigenvalue weighted by atomic mass is 9.95. The zero-order valence-corrected chi connectivity index (χ0v) is 16.2. The number of rotatable bonds is 5. The summed E-state index contributed by atoms with van der Waals surface area (Å²) in [6.07, 6.45) is -1.32. The van der Waals surface area contributed by atoms with Gasteiger partial charge in [-0.15, -0.1) is 0 Å². The van der Waals surface area contributed by atoms with Crippen LogP contribution in [-0.2, 0) is 16.0 Å². The molecule has 3 atom stereocenters. The molecule has 1 aliphatic heterocycles. The number of ether oxygens (including phenoxy) is 1. The molecule has 3 rings (SSSR count). The Bertz CT molecular complexity index is 843. The number of cyclic esters (lactones) is 1. The number of aliphatic hydroxyl groups is 1. The Labute approximate surface area is 167 Å². The van der Waals surface area contributed by atoms with Gasteiger partial charge in [0, 0.05) is 0 Å². The van der Waals surface area contributed by atoms with E-state index in [1.165, 1.54) is 6.07 Å². The molecule has 27 heavy (non-hydrogen) atoms. The Morgan fingerprint density at radius 1 is 1.22 bits per heavy atom. The number of amides is 2. The molecule has 7 heteroatoms. The van der Waals surface area contributed by atoms with Gasteiger partial charge in [-0.3, -0.25) is 4.79 Å². The first-order valence-electron chi connectivity index (χ1n) is 8.55. The Kier molecular flexibility index (Phi) is 6.05. The van der Waals surface area contributed by atoms with Gasteiger partial charge in [-0.25, -0.2) is 9.69 Å². The van der Waals surface area contributed by atoms with E-state index in [2.05, 4.69) is 0 Å². The fourth-order valence-electron chi connectivity index (χ4n) is 3.11. The highest BCUT2D eigenvalue weighted by atomic mass is 35.5. The summed E-state index contributed by atoms with van der Waals surface area (Å²) in [5.41, 5.74) is 1.45. The van der Waals surface area contributed by atoms with Crippen LogP contribution in [0.5, 0.6) is 0 Å². The summed E-state index contributed by atoms with van der Waals surface area (Å²) in [6, 6.07) is 13.8. The predicted molar refractivity (Wildman–Crippen MR) is 103 cm³/mol. The molecule has 0 radical (unpaired) electrons. The molecule has 1 N–H and O–H groups in total. The van der Waals surface area contributed by atoms with Gasteiger partial charge in [-0.2, -0.15) is 0 Å². The van der Waals surface area contributed by atoms with E-state index in [-0.39, 0.29) is 11.6 Å². The van der Waals surface area contributed by atoms with Crippen molar-refractivity contribution in [3.63, 3.8) is 0 Å². The minimum Gasteiger partial charge on any atom is -0.447 e.